The third-order valence-electron chi connectivity index (χ3n) is 6.90. The smallest absolute Gasteiger partial charge is 0.419 e. The van der Waals surface area contributed by atoms with Crippen LogP contribution < -0.4 is 10.6 Å². The van der Waals surface area contributed by atoms with Gasteiger partial charge in [-0.05, 0) is 77.1 Å². The fourth-order valence-corrected chi connectivity index (χ4v) is 5.07. The van der Waals surface area contributed by atoms with Crippen LogP contribution >= 0.6 is 0 Å². The van der Waals surface area contributed by atoms with Crippen molar-refractivity contribution in [1.82, 2.24) is 25.1 Å². The van der Waals surface area contributed by atoms with Crippen LogP contribution in [0.3, 0.4) is 0 Å². The maximum Gasteiger partial charge on any atom is 0.419 e. The molecule has 41 heavy (non-hydrogen) atoms. The number of fused-ring (bicyclic) bond motifs is 1. The first-order valence-corrected chi connectivity index (χ1v) is 13.7. The molecule has 9 nitrogen and oxygen atoms in total. The van der Waals surface area contributed by atoms with E-state index in [9.17, 15) is 27.2 Å². The molecule has 3 amide bonds. The average molecular weight is 581 g/mol. The van der Waals surface area contributed by atoms with Crippen molar-refractivity contribution >= 4 is 18.1 Å². The third kappa shape index (κ3) is 7.36. The monoisotopic (exact) mass is 580 g/mol. The first-order chi connectivity index (χ1) is 19.1. The molecule has 0 spiro atoms. The zero-order chi connectivity index (χ0) is 30.1. The van der Waals surface area contributed by atoms with Crippen molar-refractivity contribution in [2.45, 2.75) is 90.3 Å². The van der Waals surface area contributed by atoms with Gasteiger partial charge in [-0.2, -0.15) is 13.2 Å². The van der Waals surface area contributed by atoms with E-state index in [0.717, 1.165) is 17.7 Å². The zero-order valence-electron chi connectivity index (χ0n) is 23.8. The summed E-state index contributed by atoms with van der Waals surface area (Å²) in [6.07, 6.45) is -2.22. The Bertz CT molecular complexity index is 1280. The van der Waals surface area contributed by atoms with Gasteiger partial charge in [0.1, 0.15) is 11.4 Å². The topological polar surface area (TPSA) is 99.7 Å². The fraction of sp³-hybridized carbons (Fsp3) is 0.571. The standard InChI is InChI=1S/C28H36F4N6O3/c1-16(2)34-24-33-14-18-10-12-37(15-21(18)35-24)25(39)36-23(17-8-9-19(20(29)13-17)28(30,31)32)22-7-6-11-38(22)26(40)41-27(3,4)5/h8-9,13-14,16,22-23H,6-7,10-12,15H2,1-5H3,(H,36,39)(H,33,34,35)/t22-,23+/m1/s1. The van der Waals surface area contributed by atoms with Crippen LogP contribution in [0.25, 0.3) is 0 Å². The molecular formula is C28H36F4N6O3. The van der Waals surface area contributed by atoms with E-state index >= 15 is 0 Å². The third-order valence-corrected chi connectivity index (χ3v) is 6.90. The molecule has 13 heteroatoms. The molecule has 2 atom stereocenters. The number of carbonyl (C=O) groups is 2. The lowest BCUT2D eigenvalue weighted by Crippen LogP contribution is -2.50. The number of amides is 3. The number of carbonyl (C=O) groups excluding carboxylic acids is 2. The Kier molecular flexibility index (Phi) is 8.65. The lowest BCUT2D eigenvalue weighted by atomic mass is 9.96. The number of rotatable bonds is 5. The number of nitrogens with one attached hydrogen (secondary N) is 2. The van der Waals surface area contributed by atoms with Crippen LogP contribution in [0.4, 0.5) is 33.1 Å². The highest BCUT2D eigenvalue weighted by molar-refractivity contribution is 5.76. The Morgan fingerprint density at radius 2 is 1.88 bits per heavy atom. The normalized spacial score (nSPS) is 18.2. The second kappa shape index (κ2) is 11.7. The molecular weight excluding hydrogens is 544 g/mol. The number of nitrogens with zero attached hydrogens (tertiary/aromatic N) is 4. The first kappa shape index (κ1) is 30.3. The first-order valence-electron chi connectivity index (χ1n) is 13.7. The fourth-order valence-electron chi connectivity index (χ4n) is 5.07. The van der Waals surface area contributed by atoms with Crippen molar-refractivity contribution in [2.24, 2.45) is 0 Å². The lowest BCUT2D eigenvalue weighted by molar-refractivity contribution is -0.140. The molecule has 4 rings (SSSR count). The lowest BCUT2D eigenvalue weighted by Gasteiger charge is -2.36. The number of urea groups is 1. The highest BCUT2D eigenvalue weighted by atomic mass is 19.4. The van der Waals surface area contributed by atoms with Crippen LogP contribution in [0.5, 0.6) is 0 Å². The van der Waals surface area contributed by atoms with E-state index in [2.05, 4.69) is 20.6 Å². The molecule has 1 saturated heterocycles. The van der Waals surface area contributed by atoms with Crippen LogP contribution in [-0.4, -0.2) is 62.7 Å². The summed E-state index contributed by atoms with van der Waals surface area (Å²) >= 11 is 0. The van der Waals surface area contributed by atoms with Gasteiger partial charge in [0.05, 0.1) is 29.9 Å². The number of anilines is 1. The van der Waals surface area contributed by atoms with Crippen LogP contribution in [0.1, 0.15) is 75.9 Å². The SMILES string of the molecule is CC(C)Nc1ncc2c(n1)CN(C(=O)N[C@@H](c1ccc(C(F)(F)F)c(F)c1)[C@H]1CCCN1C(=O)OC(C)(C)C)CC2. The highest BCUT2D eigenvalue weighted by Crippen LogP contribution is 2.36. The van der Waals surface area contributed by atoms with Crippen LogP contribution in [0.2, 0.25) is 0 Å². The molecule has 0 unspecified atom stereocenters. The molecule has 2 N–H and O–H groups in total. The number of alkyl halides is 3. The van der Waals surface area contributed by atoms with Crippen LogP contribution in [-0.2, 0) is 23.9 Å². The van der Waals surface area contributed by atoms with Crippen molar-refractivity contribution in [3.05, 3.63) is 52.6 Å². The molecule has 2 aliphatic heterocycles. The number of hydrogen-bond donors (Lipinski definition) is 2. The number of halogens is 4. The summed E-state index contributed by atoms with van der Waals surface area (Å²) in [5, 5.41) is 6.02. The van der Waals surface area contributed by atoms with Crippen molar-refractivity contribution in [2.75, 3.05) is 18.4 Å². The van der Waals surface area contributed by atoms with Crippen LogP contribution in [0.15, 0.2) is 24.4 Å². The summed E-state index contributed by atoms with van der Waals surface area (Å²) in [4.78, 5) is 38.5. The Morgan fingerprint density at radius 1 is 1.15 bits per heavy atom. The minimum absolute atomic E-state index is 0.111. The predicted molar refractivity (Wildman–Crippen MR) is 144 cm³/mol. The van der Waals surface area contributed by atoms with E-state index in [1.165, 1.54) is 9.80 Å². The summed E-state index contributed by atoms with van der Waals surface area (Å²) in [5.74, 6) is -1.01. The average Bonchev–Trinajstić information content (AvgIpc) is 3.34. The number of likely N-dealkylation sites (tertiary alicyclic amines) is 1. The van der Waals surface area contributed by atoms with Crippen molar-refractivity contribution in [1.29, 1.82) is 0 Å². The summed E-state index contributed by atoms with van der Waals surface area (Å²) in [6.45, 7) is 9.95. The second-order valence-corrected chi connectivity index (χ2v) is 11.7. The molecule has 1 fully saturated rings. The summed E-state index contributed by atoms with van der Waals surface area (Å²) < 4.78 is 60.1. The Morgan fingerprint density at radius 3 is 2.51 bits per heavy atom. The minimum Gasteiger partial charge on any atom is -0.444 e. The largest absolute Gasteiger partial charge is 0.444 e. The molecule has 224 valence electrons. The molecule has 2 aromatic rings. The van der Waals surface area contributed by atoms with Gasteiger partial charge in [-0.15, -0.1) is 0 Å². The van der Waals surface area contributed by atoms with Gasteiger partial charge in [0.25, 0.3) is 0 Å². The summed E-state index contributed by atoms with van der Waals surface area (Å²) in [5.41, 5.74) is -0.475. The van der Waals surface area contributed by atoms with Crippen molar-refractivity contribution < 1.29 is 31.9 Å². The van der Waals surface area contributed by atoms with E-state index in [1.807, 2.05) is 13.8 Å². The van der Waals surface area contributed by atoms with Gasteiger partial charge in [-0.1, -0.05) is 6.07 Å². The Hall–Kier alpha value is -3.64. The predicted octanol–water partition coefficient (Wildman–Crippen LogP) is 5.66. The summed E-state index contributed by atoms with van der Waals surface area (Å²) in [7, 11) is 0. The molecule has 2 aliphatic rings. The zero-order valence-corrected chi connectivity index (χ0v) is 23.8. The number of hydrogen-bond acceptors (Lipinski definition) is 6. The maximum atomic E-state index is 14.7. The minimum atomic E-state index is -4.87. The van der Waals surface area contributed by atoms with E-state index in [0.29, 0.717) is 50.1 Å². The highest BCUT2D eigenvalue weighted by Gasteiger charge is 2.41. The van der Waals surface area contributed by atoms with Gasteiger partial charge in [-0.3, -0.25) is 0 Å². The van der Waals surface area contributed by atoms with E-state index in [1.54, 1.807) is 27.0 Å². The number of aromatic nitrogens is 2. The van der Waals surface area contributed by atoms with E-state index in [4.69, 9.17) is 4.74 Å². The number of benzene rings is 1. The Balaban J connectivity index is 1.62. The Labute approximate surface area is 236 Å². The maximum absolute atomic E-state index is 14.7. The van der Waals surface area contributed by atoms with E-state index < -0.39 is 47.4 Å². The molecule has 0 aliphatic carbocycles. The summed E-state index contributed by atoms with van der Waals surface area (Å²) in [6, 6.07) is 0.542. The van der Waals surface area contributed by atoms with Crippen molar-refractivity contribution in [3.8, 4) is 0 Å². The molecule has 0 bridgehead atoms. The van der Waals surface area contributed by atoms with Gasteiger partial charge >= 0.3 is 18.3 Å². The van der Waals surface area contributed by atoms with Gasteiger partial charge in [0.2, 0.25) is 5.95 Å². The molecule has 0 radical (unpaired) electrons. The molecule has 1 aromatic carbocycles. The van der Waals surface area contributed by atoms with Crippen molar-refractivity contribution in [3.63, 3.8) is 0 Å². The van der Waals surface area contributed by atoms with Gasteiger partial charge < -0.3 is 25.2 Å². The van der Waals surface area contributed by atoms with Gasteiger partial charge in [0.15, 0.2) is 0 Å². The van der Waals surface area contributed by atoms with E-state index in [-0.39, 0.29) is 18.2 Å². The molecule has 0 saturated carbocycles. The number of ether oxygens (including phenoxy) is 1. The van der Waals surface area contributed by atoms with Gasteiger partial charge in [0, 0.05) is 25.3 Å². The van der Waals surface area contributed by atoms with Gasteiger partial charge in [-0.25, -0.2) is 23.9 Å². The quantitative estimate of drug-likeness (QED) is 0.443. The molecule has 1 aromatic heterocycles. The second-order valence-electron chi connectivity index (χ2n) is 11.7. The van der Waals surface area contributed by atoms with Crippen LogP contribution in [0, 0.1) is 5.82 Å². The molecule has 3 heterocycles.